The molecule has 1 aromatic carbocycles. The van der Waals surface area contributed by atoms with Crippen molar-refractivity contribution in [3.63, 3.8) is 0 Å². The van der Waals surface area contributed by atoms with Crippen LogP contribution in [0.2, 0.25) is 5.02 Å². The van der Waals surface area contributed by atoms with E-state index in [2.05, 4.69) is 0 Å². The van der Waals surface area contributed by atoms with Gasteiger partial charge in [-0.15, -0.1) is 12.4 Å². The highest BCUT2D eigenvalue weighted by molar-refractivity contribution is 7.98. The number of carbonyl (C=O) groups excluding carboxylic acids is 2. The number of benzene rings is 1. The van der Waals surface area contributed by atoms with Crippen LogP contribution in [0, 0.1) is 0 Å². The maximum absolute atomic E-state index is 12.6. The Hall–Kier alpha value is -0.950. The smallest absolute Gasteiger partial charge is 0.253 e. The van der Waals surface area contributed by atoms with Crippen LogP contribution in [0.25, 0.3) is 0 Å². The zero-order valence-electron chi connectivity index (χ0n) is 14.3. The summed E-state index contributed by atoms with van der Waals surface area (Å²) in [6.07, 6.45) is 3.45. The van der Waals surface area contributed by atoms with Gasteiger partial charge in [0.15, 0.2) is 0 Å². The van der Waals surface area contributed by atoms with Crippen molar-refractivity contribution < 1.29 is 9.59 Å². The fourth-order valence-corrected chi connectivity index (χ4v) is 3.33. The number of hydrogen-bond acceptors (Lipinski definition) is 4. The van der Waals surface area contributed by atoms with E-state index in [9.17, 15) is 9.59 Å². The van der Waals surface area contributed by atoms with Crippen molar-refractivity contribution in [3.05, 3.63) is 34.9 Å². The normalized spacial score (nSPS) is 16.0. The minimum Gasteiger partial charge on any atom is -0.340 e. The maximum Gasteiger partial charge on any atom is 0.253 e. The molecule has 2 amide bonds. The monoisotopic (exact) mass is 405 g/mol. The van der Waals surface area contributed by atoms with Crippen LogP contribution in [0.4, 0.5) is 0 Å². The molecule has 1 heterocycles. The number of nitrogens with two attached hydrogens (primary N) is 1. The minimum atomic E-state index is -0.448. The SMILES string of the molecule is CSCC[C@H](N)C(=O)N1CCCN(C(=O)c2ccc(Cl)cc2)CC1.Cl. The topological polar surface area (TPSA) is 66.6 Å². The zero-order chi connectivity index (χ0) is 17.5. The predicted molar refractivity (Wildman–Crippen MR) is 107 cm³/mol. The van der Waals surface area contributed by atoms with Gasteiger partial charge in [-0.05, 0) is 49.1 Å². The van der Waals surface area contributed by atoms with Gasteiger partial charge in [0.05, 0.1) is 6.04 Å². The third-order valence-corrected chi connectivity index (χ3v) is 5.03. The fourth-order valence-electron chi connectivity index (χ4n) is 2.72. The summed E-state index contributed by atoms with van der Waals surface area (Å²) in [5.74, 6) is 0.847. The Bertz CT molecular complexity index is 572. The summed E-state index contributed by atoms with van der Waals surface area (Å²) in [7, 11) is 0. The minimum absolute atomic E-state index is 0. The molecule has 0 unspecified atom stereocenters. The Labute approximate surface area is 164 Å². The summed E-state index contributed by atoms with van der Waals surface area (Å²) in [6, 6.07) is 6.45. The van der Waals surface area contributed by atoms with E-state index in [1.807, 2.05) is 6.26 Å². The number of halogens is 2. The Morgan fingerprint density at radius 2 is 1.76 bits per heavy atom. The molecule has 1 fully saturated rings. The van der Waals surface area contributed by atoms with Crippen molar-refractivity contribution in [2.45, 2.75) is 18.9 Å². The summed E-state index contributed by atoms with van der Waals surface area (Å²) in [5.41, 5.74) is 6.61. The van der Waals surface area contributed by atoms with Gasteiger partial charge in [-0.1, -0.05) is 11.6 Å². The number of hydrogen-bond donors (Lipinski definition) is 1. The molecule has 0 aromatic heterocycles. The molecule has 0 spiro atoms. The molecule has 8 heteroatoms. The highest BCUT2D eigenvalue weighted by atomic mass is 35.5. The second-order valence-corrected chi connectivity index (χ2v) is 7.29. The third kappa shape index (κ3) is 6.37. The first-order valence-electron chi connectivity index (χ1n) is 8.11. The Kier molecular flexibility index (Phi) is 9.64. The highest BCUT2D eigenvalue weighted by Crippen LogP contribution is 2.14. The molecule has 0 radical (unpaired) electrons. The Balaban J connectivity index is 0.00000312. The molecule has 0 aliphatic carbocycles. The van der Waals surface area contributed by atoms with E-state index in [1.165, 1.54) is 0 Å². The van der Waals surface area contributed by atoms with Gasteiger partial charge in [-0.25, -0.2) is 0 Å². The van der Waals surface area contributed by atoms with Crippen molar-refractivity contribution in [1.29, 1.82) is 0 Å². The van der Waals surface area contributed by atoms with Gasteiger partial charge in [0.2, 0.25) is 5.91 Å². The first-order chi connectivity index (χ1) is 11.5. The lowest BCUT2D eigenvalue weighted by Gasteiger charge is -2.24. The van der Waals surface area contributed by atoms with Crippen LogP contribution in [0.3, 0.4) is 0 Å². The molecule has 140 valence electrons. The Morgan fingerprint density at radius 1 is 1.16 bits per heavy atom. The molecule has 1 aliphatic rings. The van der Waals surface area contributed by atoms with Crippen LogP contribution >= 0.6 is 35.8 Å². The largest absolute Gasteiger partial charge is 0.340 e. The van der Waals surface area contributed by atoms with E-state index < -0.39 is 6.04 Å². The fraction of sp³-hybridized carbons (Fsp3) is 0.529. The van der Waals surface area contributed by atoms with Gasteiger partial charge in [0.25, 0.3) is 5.91 Å². The van der Waals surface area contributed by atoms with E-state index in [1.54, 1.807) is 45.8 Å². The second kappa shape index (κ2) is 10.9. The van der Waals surface area contributed by atoms with Crippen LogP contribution in [0.1, 0.15) is 23.2 Å². The zero-order valence-corrected chi connectivity index (χ0v) is 16.7. The van der Waals surface area contributed by atoms with Crippen LogP contribution < -0.4 is 5.73 Å². The van der Waals surface area contributed by atoms with Crippen LogP contribution in [0.5, 0.6) is 0 Å². The van der Waals surface area contributed by atoms with Crippen LogP contribution in [-0.4, -0.2) is 65.8 Å². The van der Waals surface area contributed by atoms with Crippen LogP contribution in [0.15, 0.2) is 24.3 Å². The van der Waals surface area contributed by atoms with Gasteiger partial charge in [-0.3, -0.25) is 9.59 Å². The lowest BCUT2D eigenvalue weighted by atomic mass is 10.2. The van der Waals surface area contributed by atoms with Crippen molar-refractivity contribution in [2.24, 2.45) is 5.73 Å². The molecule has 25 heavy (non-hydrogen) atoms. The number of rotatable bonds is 5. The maximum atomic E-state index is 12.6. The average molecular weight is 406 g/mol. The molecule has 1 saturated heterocycles. The Morgan fingerprint density at radius 3 is 2.40 bits per heavy atom. The van der Waals surface area contributed by atoms with Gasteiger partial charge in [0.1, 0.15) is 0 Å². The highest BCUT2D eigenvalue weighted by Gasteiger charge is 2.25. The first kappa shape index (κ1) is 22.1. The lowest BCUT2D eigenvalue weighted by molar-refractivity contribution is -0.132. The number of thioether (sulfide) groups is 1. The van der Waals surface area contributed by atoms with E-state index in [4.69, 9.17) is 17.3 Å². The molecule has 1 aliphatic heterocycles. The molecule has 2 N–H and O–H groups in total. The number of nitrogens with zero attached hydrogens (tertiary/aromatic N) is 2. The van der Waals surface area contributed by atoms with Crippen molar-refractivity contribution >= 4 is 47.6 Å². The average Bonchev–Trinajstić information content (AvgIpc) is 2.85. The third-order valence-electron chi connectivity index (χ3n) is 4.14. The molecule has 1 atom stereocenters. The van der Waals surface area contributed by atoms with Gasteiger partial charge in [-0.2, -0.15) is 11.8 Å². The summed E-state index contributed by atoms with van der Waals surface area (Å²) in [4.78, 5) is 28.6. The summed E-state index contributed by atoms with van der Waals surface area (Å²) in [5, 5.41) is 0.610. The van der Waals surface area contributed by atoms with Crippen molar-refractivity contribution in [1.82, 2.24) is 9.80 Å². The van der Waals surface area contributed by atoms with Gasteiger partial charge < -0.3 is 15.5 Å². The number of amides is 2. The molecule has 1 aromatic rings. The quantitative estimate of drug-likeness (QED) is 0.816. The summed E-state index contributed by atoms with van der Waals surface area (Å²) in [6.45, 7) is 2.36. The van der Waals surface area contributed by atoms with E-state index in [0.29, 0.717) is 43.2 Å². The van der Waals surface area contributed by atoms with E-state index in [-0.39, 0.29) is 24.2 Å². The molecular weight excluding hydrogens is 381 g/mol. The number of carbonyl (C=O) groups is 2. The summed E-state index contributed by atoms with van der Waals surface area (Å²) < 4.78 is 0. The van der Waals surface area contributed by atoms with Gasteiger partial charge in [0, 0.05) is 36.8 Å². The molecule has 5 nitrogen and oxygen atoms in total. The summed E-state index contributed by atoms with van der Waals surface area (Å²) >= 11 is 7.55. The van der Waals surface area contributed by atoms with Crippen molar-refractivity contribution in [2.75, 3.05) is 38.2 Å². The van der Waals surface area contributed by atoms with Crippen molar-refractivity contribution in [3.8, 4) is 0 Å². The van der Waals surface area contributed by atoms with Crippen LogP contribution in [-0.2, 0) is 4.79 Å². The predicted octanol–water partition coefficient (Wildman–Crippen LogP) is 2.52. The molecule has 0 bridgehead atoms. The second-order valence-electron chi connectivity index (χ2n) is 5.87. The molecular formula is C17H25Cl2N3O2S. The standard InChI is InChI=1S/C17H24ClN3O2S.ClH/c1-24-12-7-15(19)17(23)21-9-2-8-20(10-11-21)16(22)13-3-5-14(18)6-4-13;/h3-6,15H,2,7-12,19H2,1H3;1H/t15-;/m0./s1. The lowest BCUT2D eigenvalue weighted by Crippen LogP contribution is -2.45. The molecule has 2 rings (SSSR count). The van der Waals surface area contributed by atoms with E-state index in [0.717, 1.165) is 12.2 Å². The first-order valence-corrected chi connectivity index (χ1v) is 9.88. The van der Waals surface area contributed by atoms with Gasteiger partial charge >= 0.3 is 0 Å². The van der Waals surface area contributed by atoms with E-state index >= 15 is 0 Å². The molecule has 0 saturated carbocycles.